The quantitative estimate of drug-likeness (QED) is 0.632. The van der Waals surface area contributed by atoms with Crippen LogP contribution in [-0.4, -0.2) is 31.0 Å². The van der Waals surface area contributed by atoms with Crippen LogP contribution in [0.2, 0.25) is 0 Å². The second-order valence-corrected chi connectivity index (χ2v) is 9.74. The van der Waals surface area contributed by atoms with E-state index >= 15 is 0 Å². The first kappa shape index (κ1) is 19.7. The third-order valence-electron chi connectivity index (χ3n) is 7.82. The molecule has 0 bridgehead atoms. The van der Waals surface area contributed by atoms with Gasteiger partial charge in [-0.25, -0.2) is 0 Å². The van der Waals surface area contributed by atoms with Crippen LogP contribution in [0, 0.1) is 12.8 Å². The minimum atomic E-state index is -0.670. The van der Waals surface area contributed by atoms with Crippen LogP contribution < -0.4 is 0 Å². The molecule has 166 valence electrons. The lowest BCUT2D eigenvalue weighted by molar-refractivity contribution is -0.143. The average Bonchev–Trinajstić information content (AvgIpc) is 3.15. The van der Waals surface area contributed by atoms with Crippen molar-refractivity contribution in [3.8, 4) is 11.6 Å². The van der Waals surface area contributed by atoms with Crippen molar-refractivity contribution in [2.75, 3.05) is 0 Å². The van der Waals surface area contributed by atoms with Crippen LogP contribution in [-0.2, 0) is 23.1 Å². The Bertz CT molecular complexity index is 1180. The number of nitrogens with zero attached hydrogens (tertiary/aromatic N) is 4. The van der Waals surface area contributed by atoms with Gasteiger partial charge in [0.15, 0.2) is 11.5 Å². The zero-order valence-electron chi connectivity index (χ0n) is 18.4. The number of carboxylic acid groups (broad SMARTS) is 1. The lowest BCUT2D eigenvalue weighted by Gasteiger charge is -2.27. The third kappa shape index (κ3) is 3.01. The highest BCUT2D eigenvalue weighted by molar-refractivity contribution is 5.70. The van der Waals surface area contributed by atoms with Gasteiger partial charge < -0.3 is 9.63 Å². The maximum absolute atomic E-state index is 11.3. The minimum absolute atomic E-state index is 0.131. The van der Waals surface area contributed by atoms with Gasteiger partial charge in [-0.3, -0.25) is 9.48 Å². The van der Waals surface area contributed by atoms with Crippen LogP contribution in [0.4, 0.5) is 0 Å². The molecule has 0 unspecified atom stereocenters. The van der Waals surface area contributed by atoms with Gasteiger partial charge in [-0.05, 0) is 75.8 Å². The third-order valence-corrected chi connectivity index (χ3v) is 7.82. The van der Waals surface area contributed by atoms with Gasteiger partial charge >= 0.3 is 5.97 Å². The molecule has 1 N–H and O–H groups in total. The summed E-state index contributed by atoms with van der Waals surface area (Å²) >= 11 is 0. The number of carboxylic acids is 1. The molecule has 0 saturated heterocycles. The number of aliphatic carboxylic acids is 1. The van der Waals surface area contributed by atoms with Gasteiger partial charge in [0.25, 0.3) is 5.89 Å². The molecule has 0 radical (unpaired) electrons. The molecule has 0 atom stereocenters. The van der Waals surface area contributed by atoms with E-state index in [9.17, 15) is 9.90 Å². The topological polar surface area (TPSA) is 94.0 Å². The fourth-order valence-electron chi connectivity index (χ4n) is 5.87. The first-order chi connectivity index (χ1) is 15.6. The summed E-state index contributed by atoms with van der Waals surface area (Å²) in [5.74, 6) is 0.404. The van der Waals surface area contributed by atoms with Gasteiger partial charge in [0.1, 0.15) is 0 Å². The number of aryl methyl sites for hydroxylation is 1. The van der Waals surface area contributed by atoms with Gasteiger partial charge in [-0.2, -0.15) is 10.1 Å². The van der Waals surface area contributed by atoms with Crippen molar-refractivity contribution in [2.24, 2.45) is 5.92 Å². The van der Waals surface area contributed by atoms with E-state index in [0.717, 1.165) is 56.5 Å². The van der Waals surface area contributed by atoms with E-state index in [1.807, 2.05) is 0 Å². The standard InChI is InChI=1S/C25H28N4O3/c1-15-5-2-3-7-19(15)25(13-14-25)24-26-22(32-28-24)21-18-6-4-8-20(18)29(27-21)17-11-9-16(10-12-17)23(30)31/h2-3,5,7,16-17H,4,6,8-14H2,1H3,(H,30,31). The number of rotatable bonds is 5. The molecule has 6 rings (SSSR count). The predicted octanol–water partition coefficient (Wildman–Crippen LogP) is 4.63. The monoisotopic (exact) mass is 432 g/mol. The molecule has 2 aromatic heterocycles. The van der Waals surface area contributed by atoms with Gasteiger partial charge in [0.05, 0.1) is 17.4 Å². The summed E-state index contributed by atoms with van der Waals surface area (Å²) in [5, 5.41) is 18.7. The first-order valence-corrected chi connectivity index (χ1v) is 11.8. The molecule has 1 aromatic carbocycles. The van der Waals surface area contributed by atoms with E-state index in [4.69, 9.17) is 14.6 Å². The van der Waals surface area contributed by atoms with Crippen LogP contribution in [0.1, 0.15) is 79.2 Å². The molecule has 7 heteroatoms. The highest BCUT2D eigenvalue weighted by Gasteiger charge is 2.51. The molecular formula is C25H28N4O3. The van der Waals surface area contributed by atoms with Crippen LogP contribution in [0.3, 0.4) is 0 Å². The summed E-state index contributed by atoms with van der Waals surface area (Å²) in [7, 11) is 0. The average molecular weight is 433 g/mol. The van der Waals surface area contributed by atoms with E-state index < -0.39 is 5.97 Å². The van der Waals surface area contributed by atoms with Gasteiger partial charge in [0.2, 0.25) is 0 Å². The summed E-state index contributed by atoms with van der Waals surface area (Å²) in [6.07, 6.45) is 8.32. The van der Waals surface area contributed by atoms with Crippen LogP contribution in [0.25, 0.3) is 11.6 Å². The van der Waals surface area contributed by atoms with Crippen molar-refractivity contribution in [1.29, 1.82) is 0 Å². The van der Waals surface area contributed by atoms with Crippen molar-refractivity contribution in [1.82, 2.24) is 19.9 Å². The molecule has 32 heavy (non-hydrogen) atoms. The zero-order chi connectivity index (χ0) is 21.9. The summed E-state index contributed by atoms with van der Waals surface area (Å²) in [6, 6.07) is 8.73. The smallest absolute Gasteiger partial charge is 0.306 e. The molecule has 0 aliphatic heterocycles. The van der Waals surface area contributed by atoms with E-state index in [2.05, 4.69) is 41.0 Å². The molecule has 0 amide bonds. The fourth-order valence-corrected chi connectivity index (χ4v) is 5.87. The summed E-state index contributed by atoms with van der Waals surface area (Å²) in [4.78, 5) is 16.2. The van der Waals surface area contributed by atoms with Gasteiger partial charge in [-0.1, -0.05) is 29.4 Å². The van der Waals surface area contributed by atoms with Gasteiger partial charge in [0, 0.05) is 11.3 Å². The normalized spacial score (nSPS) is 23.8. The highest BCUT2D eigenvalue weighted by Crippen LogP contribution is 2.53. The Morgan fingerprint density at radius 2 is 1.94 bits per heavy atom. The first-order valence-electron chi connectivity index (χ1n) is 11.8. The van der Waals surface area contributed by atoms with Crippen molar-refractivity contribution in [3.05, 3.63) is 52.5 Å². The Labute approximate surface area is 186 Å². The molecular weight excluding hydrogens is 404 g/mol. The van der Waals surface area contributed by atoms with Crippen molar-refractivity contribution in [3.63, 3.8) is 0 Å². The lowest BCUT2D eigenvalue weighted by atomic mass is 9.86. The van der Waals surface area contributed by atoms with Crippen LogP contribution in [0.15, 0.2) is 28.8 Å². The van der Waals surface area contributed by atoms with E-state index in [0.29, 0.717) is 18.7 Å². The van der Waals surface area contributed by atoms with Crippen LogP contribution >= 0.6 is 0 Å². The lowest BCUT2D eigenvalue weighted by Crippen LogP contribution is -2.24. The summed E-state index contributed by atoms with van der Waals surface area (Å²) in [6.45, 7) is 2.14. The predicted molar refractivity (Wildman–Crippen MR) is 117 cm³/mol. The minimum Gasteiger partial charge on any atom is -0.481 e. The second-order valence-electron chi connectivity index (χ2n) is 9.74. The van der Waals surface area contributed by atoms with E-state index in [-0.39, 0.29) is 17.4 Å². The highest BCUT2D eigenvalue weighted by atomic mass is 16.5. The van der Waals surface area contributed by atoms with E-state index in [1.165, 1.54) is 22.4 Å². The number of fused-ring (bicyclic) bond motifs is 1. The van der Waals surface area contributed by atoms with Crippen molar-refractivity contribution >= 4 is 5.97 Å². The fraction of sp³-hybridized carbons (Fsp3) is 0.520. The Balaban J connectivity index is 1.32. The summed E-state index contributed by atoms with van der Waals surface area (Å²) in [5.41, 5.74) is 5.77. The SMILES string of the molecule is Cc1ccccc1C1(c2noc(-c3nn(C4CCC(C(=O)O)CC4)c4c3CCC4)n2)CC1. The molecule has 2 heterocycles. The molecule has 3 aliphatic carbocycles. The Morgan fingerprint density at radius 3 is 2.66 bits per heavy atom. The second kappa shape index (κ2) is 7.29. The van der Waals surface area contributed by atoms with E-state index in [1.54, 1.807) is 0 Å². The number of aromatic nitrogens is 4. The van der Waals surface area contributed by atoms with Crippen molar-refractivity contribution in [2.45, 2.75) is 76.2 Å². The maximum atomic E-state index is 11.3. The Morgan fingerprint density at radius 1 is 1.16 bits per heavy atom. The molecule has 2 saturated carbocycles. The summed E-state index contributed by atoms with van der Waals surface area (Å²) < 4.78 is 7.96. The number of benzene rings is 1. The zero-order valence-corrected chi connectivity index (χ0v) is 18.4. The molecule has 3 aliphatic rings. The molecule has 7 nitrogen and oxygen atoms in total. The van der Waals surface area contributed by atoms with Crippen LogP contribution in [0.5, 0.6) is 0 Å². The van der Waals surface area contributed by atoms with Crippen molar-refractivity contribution < 1.29 is 14.4 Å². The number of hydrogen-bond donors (Lipinski definition) is 1. The molecule has 3 aromatic rings. The Hall–Kier alpha value is -2.96. The maximum Gasteiger partial charge on any atom is 0.306 e. The molecule has 0 spiro atoms. The molecule has 2 fully saturated rings. The van der Waals surface area contributed by atoms with Gasteiger partial charge in [-0.15, -0.1) is 0 Å². The number of hydrogen-bond acceptors (Lipinski definition) is 5. The largest absolute Gasteiger partial charge is 0.481 e. The Kier molecular flexibility index (Phi) is 4.49. The number of carbonyl (C=O) groups is 1.